The van der Waals surface area contributed by atoms with Crippen molar-refractivity contribution in [2.75, 3.05) is 6.61 Å². The van der Waals surface area contributed by atoms with Gasteiger partial charge in [-0.05, 0) is 25.2 Å². The number of carbonyl (C=O) groups excluding carboxylic acids is 1. The van der Waals surface area contributed by atoms with Crippen molar-refractivity contribution in [1.29, 1.82) is 0 Å². The molecule has 114 valence electrons. The van der Waals surface area contributed by atoms with Crippen LogP contribution >= 0.6 is 0 Å². The maximum Gasteiger partial charge on any atom is 0.308 e. The van der Waals surface area contributed by atoms with Crippen LogP contribution in [0.1, 0.15) is 86.0 Å². The van der Waals surface area contributed by atoms with Crippen molar-refractivity contribution >= 4 is 5.97 Å². The van der Waals surface area contributed by atoms with E-state index in [0.717, 1.165) is 12.8 Å². The Bertz CT molecular complexity index is 228. The Hall–Kier alpha value is -0.530. The Morgan fingerprint density at radius 1 is 1.00 bits per heavy atom. The third-order valence-corrected chi connectivity index (χ3v) is 3.50. The van der Waals surface area contributed by atoms with Crippen molar-refractivity contribution in [2.24, 2.45) is 11.3 Å². The van der Waals surface area contributed by atoms with Gasteiger partial charge in [0.05, 0.1) is 12.5 Å². The topological polar surface area (TPSA) is 26.3 Å². The standard InChI is InChI=1S/C17H34O2/c1-6-19-16(18)15(2)13-11-9-7-8-10-12-14-17(3,4)5/h15H,6-14H2,1-5H3. The molecule has 0 amide bonds. The summed E-state index contributed by atoms with van der Waals surface area (Å²) in [4.78, 5) is 11.4. The highest BCUT2D eigenvalue weighted by Gasteiger charge is 2.12. The molecule has 2 heteroatoms. The molecule has 0 radical (unpaired) electrons. The van der Waals surface area contributed by atoms with E-state index in [-0.39, 0.29) is 11.9 Å². The Labute approximate surface area is 120 Å². The van der Waals surface area contributed by atoms with Gasteiger partial charge in [-0.25, -0.2) is 0 Å². The summed E-state index contributed by atoms with van der Waals surface area (Å²) in [5.74, 6) is 0.0357. The lowest BCUT2D eigenvalue weighted by atomic mass is 9.89. The second-order valence-corrected chi connectivity index (χ2v) is 6.87. The fourth-order valence-electron chi connectivity index (χ4n) is 2.22. The van der Waals surface area contributed by atoms with E-state index < -0.39 is 0 Å². The fraction of sp³-hybridized carbons (Fsp3) is 0.941. The summed E-state index contributed by atoms with van der Waals surface area (Å²) < 4.78 is 5.01. The molecule has 0 fully saturated rings. The van der Waals surface area contributed by atoms with Gasteiger partial charge in [0.15, 0.2) is 0 Å². The summed E-state index contributed by atoms with van der Waals surface area (Å²) in [6, 6.07) is 0. The third kappa shape index (κ3) is 12.3. The van der Waals surface area contributed by atoms with E-state index in [4.69, 9.17) is 4.74 Å². The number of ether oxygens (including phenoxy) is 1. The first-order valence-electron chi connectivity index (χ1n) is 8.03. The highest BCUT2D eigenvalue weighted by Crippen LogP contribution is 2.22. The van der Waals surface area contributed by atoms with Crippen LogP contribution in [-0.2, 0) is 9.53 Å². The summed E-state index contributed by atoms with van der Waals surface area (Å²) in [7, 11) is 0. The van der Waals surface area contributed by atoms with Crippen LogP contribution in [0.25, 0.3) is 0 Å². The molecule has 0 aromatic rings. The molecule has 0 aromatic heterocycles. The molecule has 2 nitrogen and oxygen atoms in total. The summed E-state index contributed by atoms with van der Waals surface area (Å²) in [5, 5.41) is 0. The van der Waals surface area contributed by atoms with Gasteiger partial charge in [-0.2, -0.15) is 0 Å². The average Bonchev–Trinajstić information content (AvgIpc) is 2.31. The van der Waals surface area contributed by atoms with E-state index in [1.165, 1.54) is 38.5 Å². The minimum Gasteiger partial charge on any atom is -0.466 e. The smallest absolute Gasteiger partial charge is 0.308 e. The quantitative estimate of drug-likeness (QED) is 0.395. The Kier molecular flexibility index (Phi) is 9.99. The Balaban J connectivity index is 3.34. The summed E-state index contributed by atoms with van der Waals surface area (Å²) in [6.07, 6.45) is 10.0. The van der Waals surface area contributed by atoms with Crippen molar-refractivity contribution in [3.63, 3.8) is 0 Å². The average molecular weight is 270 g/mol. The lowest BCUT2D eigenvalue weighted by Gasteiger charge is -2.17. The predicted molar refractivity (Wildman–Crippen MR) is 82.2 cm³/mol. The van der Waals surface area contributed by atoms with Crippen LogP contribution in [0.15, 0.2) is 0 Å². The predicted octanol–water partition coefficient (Wildman–Crippen LogP) is 5.35. The van der Waals surface area contributed by atoms with Gasteiger partial charge in [0.1, 0.15) is 0 Å². The van der Waals surface area contributed by atoms with E-state index in [0.29, 0.717) is 12.0 Å². The molecular weight excluding hydrogens is 236 g/mol. The van der Waals surface area contributed by atoms with E-state index in [1.54, 1.807) is 0 Å². The summed E-state index contributed by atoms with van der Waals surface area (Å²) >= 11 is 0. The monoisotopic (exact) mass is 270 g/mol. The second-order valence-electron chi connectivity index (χ2n) is 6.87. The van der Waals surface area contributed by atoms with Gasteiger partial charge in [0.25, 0.3) is 0 Å². The lowest BCUT2D eigenvalue weighted by Crippen LogP contribution is -2.14. The van der Waals surface area contributed by atoms with Crippen LogP contribution < -0.4 is 0 Å². The van der Waals surface area contributed by atoms with Crippen molar-refractivity contribution in [1.82, 2.24) is 0 Å². The largest absolute Gasteiger partial charge is 0.466 e. The highest BCUT2D eigenvalue weighted by atomic mass is 16.5. The first-order chi connectivity index (χ1) is 8.87. The van der Waals surface area contributed by atoms with Gasteiger partial charge in [-0.3, -0.25) is 4.79 Å². The van der Waals surface area contributed by atoms with Crippen LogP contribution in [0, 0.1) is 11.3 Å². The van der Waals surface area contributed by atoms with Gasteiger partial charge >= 0.3 is 5.97 Å². The summed E-state index contributed by atoms with van der Waals surface area (Å²) in [6.45, 7) is 11.3. The van der Waals surface area contributed by atoms with Gasteiger partial charge in [-0.15, -0.1) is 0 Å². The maximum absolute atomic E-state index is 11.4. The van der Waals surface area contributed by atoms with Crippen LogP contribution in [0.3, 0.4) is 0 Å². The molecule has 0 heterocycles. The van der Waals surface area contributed by atoms with Gasteiger partial charge in [0.2, 0.25) is 0 Å². The molecule has 1 atom stereocenters. The zero-order valence-electron chi connectivity index (χ0n) is 13.8. The second kappa shape index (κ2) is 10.3. The van der Waals surface area contributed by atoms with E-state index in [1.807, 2.05) is 13.8 Å². The fourth-order valence-corrected chi connectivity index (χ4v) is 2.22. The lowest BCUT2D eigenvalue weighted by molar-refractivity contribution is -0.147. The summed E-state index contributed by atoms with van der Waals surface area (Å²) in [5.41, 5.74) is 0.481. The SMILES string of the molecule is CCOC(=O)C(C)CCCCCCCCC(C)(C)C. The molecule has 1 unspecified atom stereocenters. The molecule has 0 bridgehead atoms. The van der Waals surface area contributed by atoms with Crippen LogP contribution in [-0.4, -0.2) is 12.6 Å². The molecule has 0 aliphatic rings. The van der Waals surface area contributed by atoms with Gasteiger partial charge in [-0.1, -0.05) is 66.2 Å². The van der Waals surface area contributed by atoms with Crippen molar-refractivity contribution in [2.45, 2.75) is 86.0 Å². The zero-order valence-corrected chi connectivity index (χ0v) is 13.8. The van der Waals surface area contributed by atoms with Crippen molar-refractivity contribution < 1.29 is 9.53 Å². The molecule has 0 N–H and O–H groups in total. The first kappa shape index (κ1) is 18.5. The molecule has 0 spiro atoms. The number of rotatable bonds is 10. The minimum absolute atomic E-state index is 0.0346. The Morgan fingerprint density at radius 2 is 1.53 bits per heavy atom. The van der Waals surface area contributed by atoms with E-state index in [9.17, 15) is 4.79 Å². The molecule has 0 aromatic carbocycles. The Morgan fingerprint density at radius 3 is 2.05 bits per heavy atom. The normalized spacial score (nSPS) is 13.3. The van der Waals surface area contributed by atoms with Gasteiger partial charge in [0, 0.05) is 0 Å². The first-order valence-corrected chi connectivity index (χ1v) is 8.03. The number of hydrogen-bond donors (Lipinski definition) is 0. The van der Waals surface area contributed by atoms with E-state index in [2.05, 4.69) is 20.8 Å². The molecular formula is C17H34O2. The number of hydrogen-bond acceptors (Lipinski definition) is 2. The molecule has 0 saturated carbocycles. The van der Waals surface area contributed by atoms with Crippen LogP contribution in [0.2, 0.25) is 0 Å². The zero-order chi connectivity index (χ0) is 14.7. The van der Waals surface area contributed by atoms with Crippen LogP contribution in [0.5, 0.6) is 0 Å². The number of carbonyl (C=O) groups is 1. The molecule has 0 aliphatic heterocycles. The molecule has 0 aliphatic carbocycles. The third-order valence-electron chi connectivity index (χ3n) is 3.50. The van der Waals surface area contributed by atoms with E-state index >= 15 is 0 Å². The highest BCUT2D eigenvalue weighted by molar-refractivity contribution is 5.71. The molecule has 0 saturated heterocycles. The minimum atomic E-state index is -0.0346. The number of unbranched alkanes of at least 4 members (excludes halogenated alkanes) is 5. The van der Waals surface area contributed by atoms with Crippen molar-refractivity contribution in [3.8, 4) is 0 Å². The van der Waals surface area contributed by atoms with Crippen LogP contribution in [0.4, 0.5) is 0 Å². The van der Waals surface area contributed by atoms with Crippen molar-refractivity contribution in [3.05, 3.63) is 0 Å². The van der Waals surface area contributed by atoms with Gasteiger partial charge < -0.3 is 4.74 Å². The number of esters is 1. The molecule has 19 heavy (non-hydrogen) atoms. The molecule has 0 rings (SSSR count). The maximum atomic E-state index is 11.4.